The van der Waals surface area contributed by atoms with Crippen molar-refractivity contribution in [1.82, 2.24) is 5.32 Å². The molecular weight excluding hydrogens is 222 g/mol. The molecule has 1 heterocycles. The first kappa shape index (κ1) is 12.0. The molecule has 0 aromatic heterocycles. The summed E-state index contributed by atoms with van der Waals surface area (Å²) >= 11 is 0. The second-order valence-corrected chi connectivity index (χ2v) is 3.81. The van der Waals surface area contributed by atoms with Gasteiger partial charge in [0.1, 0.15) is 19.0 Å². The molecule has 1 aromatic carbocycles. The molecule has 0 saturated heterocycles. The third-order valence-corrected chi connectivity index (χ3v) is 2.64. The van der Waals surface area contributed by atoms with Crippen molar-refractivity contribution in [2.45, 2.75) is 6.10 Å². The molecule has 0 fully saturated rings. The quantitative estimate of drug-likeness (QED) is 0.810. The maximum Gasteiger partial charge on any atom is 0.167 e. The molecule has 1 aliphatic rings. The van der Waals surface area contributed by atoms with Gasteiger partial charge in [0.05, 0.1) is 13.2 Å². The van der Waals surface area contributed by atoms with Crippen molar-refractivity contribution in [2.24, 2.45) is 0 Å². The van der Waals surface area contributed by atoms with Gasteiger partial charge in [0.15, 0.2) is 11.5 Å². The van der Waals surface area contributed by atoms with Gasteiger partial charge in [-0.05, 0) is 13.1 Å². The van der Waals surface area contributed by atoms with Gasteiger partial charge in [0, 0.05) is 18.2 Å². The standard InChI is InChI=1S/C12H17NO4/c1-13-7-10(14)9-5-8(15-2)6-11-12(9)17-4-3-16-11/h5-6,10,13-14H,3-4,7H2,1-2H3. The van der Waals surface area contributed by atoms with Crippen molar-refractivity contribution in [3.63, 3.8) is 0 Å². The van der Waals surface area contributed by atoms with Crippen molar-refractivity contribution in [3.05, 3.63) is 17.7 Å². The zero-order chi connectivity index (χ0) is 12.3. The number of rotatable bonds is 4. The normalized spacial score (nSPS) is 15.5. The fourth-order valence-electron chi connectivity index (χ4n) is 1.82. The van der Waals surface area contributed by atoms with Gasteiger partial charge in [0.2, 0.25) is 0 Å². The van der Waals surface area contributed by atoms with Crippen molar-refractivity contribution >= 4 is 0 Å². The number of ether oxygens (including phenoxy) is 3. The highest BCUT2D eigenvalue weighted by molar-refractivity contribution is 5.53. The molecule has 1 aromatic rings. The van der Waals surface area contributed by atoms with E-state index < -0.39 is 6.10 Å². The number of hydrogen-bond acceptors (Lipinski definition) is 5. The molecule has 0 amide bonds. The molecule has 0 radical (unpaired) electrons. The van der Waals surface area contributed by atoms with Gasteiger partial charge in [-0.1, -0.05) is 0 Å². The van der Waals surface area contributed by atoms with Crippen molar-refractivity contribution in [1.29, 1.82) is 0 Å². The first-order chi connectivity index (χ1) is 8.26. The highest BCUT2D eigenvalue weighted by atomic mass is 16.6. The van der Waals surface area contributed by atoms with Crippen LogP contribution in [0.25, 0.3) is 0 Å². The largest absolute Gasteiger partial charge is 0.497 e. The molecule has 2 rings (SSSR count). The minimum atomic E-state index is -0.648. The Bertz CT molecular complexity index is 394. The Kier molecular flexibility index (Phi) is 3.71. The van der Waals surface area contributed by atoms with Crippen LogP contribution in [0, 0.1) is 0 Å². The number of likely N-dealkylation sites (N-methyl/N-ethyl adjacent to an activating group) is 1. The zero-order valence-corrected chi connectivity index (χ0v) is 10.0. The van der Waals surface area contributed by atoms with E-state index in [0.29, 0.717) is 42.6 Å². The van der Waals surface area contributed by atoms with Crippen LogP contribution in [0.2, 0.25) is 0 Å². The van der Waals surface area contributed by atoms with Crippen LogP contribution in [-0.2, 0) is 0 Å². The van der Waals surface area contributed by atoms with E-state index in [-0.39, 0.29) is 0 Å². The molecule has 0 spiro atoms. The number of hydrogen-bond donors (Lipinski definition) is 2. The number of aliphatic hydroxyl groups excluding tert-OH is 1. The zero-order valence-electron chi connectivity index (χ0n) is 10.0. The van der Waals surface area contributed by atoms with Crippen LogP contribution in [0.15, 0.2) is 12.1 Å². The van der Waals surface area contributed by atoms with Gasteiger partial charge < -0.3 is 24.6 Å². The first-order valence-electron chi connectivity index (χ1n) is 5.56. The number of methoxy groups -OCH3 is 1. The van der Waals surface area contributed by atoms with E-state index in [0.717, 1.165) is 0 Å². The maximum absolute atomic E-state index is 10.0. The second kappa shape index (κ2) is 5.25. The van der Waals surface area contributed by atoms with Crippen LogP contribution >= 0.6 is 0 Å². The van der Waals surface area contributed by atoms with Crippen LogP contribution in [0.4, 0.5) is 0 Å². The summed E-state index contributed by atoms with van der Waals surface area (Å²) in [5.41, 5.74) is 0.688. The molecule has 5 heteroatoms. The van der Waals surface area contributed by atoms with E-state index in [1.54, 1.807) is 26.3 Å². The van der Waals surface area contributed by atoms with Gasteiger partial charge in [-0.15, -0.1) is 0 Å². The molecule has 5 nitrogen and oxygen atoms in total. The second-order valence-electron chi connectivity index (χ2n) is 3.81. The summed E-state index contributed by atoms with van der Waals surface area (Å²) in [7, 11) is 3.37. The Morgan fingerprint density at radius 2 is 2.18 bits per heavy atom. The Morgan fingerprint density at radius 1 is 1.41 bits per heavy atom. The average molecular weight is 239 g/mol. The summed E-state index contributed by atoms with van der Waals surface area (Å²) in [6.07, 6.45) is -0.648. The van der Waals surface area contributed by atoms with Gasteiger partial charge in [-0.2, -0.15) is 0 Å². The Labute approximate surface area is 100 Å². The maximum atomic E-state index is 10.0. The third kappa shape index (κ3) is 2.45. The van der Waals surface area contributed by atoms with E-state index >= 15 is 0 Å². The Balaban J connectivity index is 2.40. The molecular formula is C12H17NO4. The lowest BCUT2D eigenvalue weighted by molar-refractivity contribution is 0.145. The predicted octanol–water partition coefficient (Wildman–Crippen LogP) is 0.719. The van der Waals surface area contributed by atoms with Crippen molar-refractivity contribution < 1.29 is 19.3 Å². The minimum absolute atomic E-state index is 0.447. The SMILES string of the molecule is CNCC(O)c1cc(OC)cc2c1OCCO2. The van der Waals surface area contributed by atoms with Crippen LogP contribution in [0.3, 0.4) is 0 Å². The van der Waals surface area contributed by atoms with Crippen molar-refractivity contribution in [2.75, 3.05) is 33.9 Å². The number of nitrogens with one attached hydrogen (secondary N) is 1. The smallest absolute Gasteiger partial charge is 0.167 e. The average Bonchev–Trinajstić information content (AvgIpc) is 2.37. The molecule has 0 bridgehead atoms. The molecule has 0 saturated carbocycles. The van der Waals surface area contributed by atoms with Crippen LogP contribution in [0.5, 0.6) is 17.2 Å². The Morgan fingerprint density at radius 3 is 2.88 bits per heavy atom. The number of fused-ring (bicyclic) bond motifs is 1. The molecule has 1 aliphatic heterocycles. The summed E-state index contributed by atoms with van der Waals surface area (Å²) in [5.74, 6) is 1.89. The summed E-state index contributed by atoms with van der Waals surface area (Å²) in [5, 5.41) is 13.0. The fourth-order valence-corrected chi connectivity index (χ4v) is 1.82. The summed E-state index contributed by atoms with van der Waals surface area (Å²) < 4.78 is 16.2. The predicted molar refractivity (Wildman–Crippen MR) is 62.9 cm³/mol. The lowest BCUT2D eigenvalue weighted by atomic mass is 10.1. The molecule has 94 valence electrons. The van der Waals surface area contributed by atoms with E-state index in [1.807, 2.05) is 0 Å². The summed E-state index contributed by atoms with van der Waals surface area (Å²) in [6, 6.07) is 3.54. The monoisotopic (exact) mass is 239 g/mol. The van der Waals surface area contributed by atoms with E-state index in [2.05, 4.69) is 5.32 Å². The number of benzene rings is 1. The van der Waals surface area contributed by atoms with Gasteiger partial charge in [0.25, 0.3) is 0 Å². The summed E-state index contributed by atoms with van der Waals surface area (Å²) in [6.45, 7) is 1.46. The van der Waals surface area contributed by atoms with Gasteiger partial charge in [-0.3, -0.25) is 0 Å². The van der Waals surface area contributed by atoms with Gasteiger partial charge >= 0.3 is 0 Å². The van der Waals surface area contributed by atoms with Crippen LogP contribution in [0.1, 0.15) is 11.7 Å². The van der Waals surface area contributed by atoms with Crippen LogP contribution in [-0.4, -0.2) is 39.0 Å². The Hall–Kier alpha value is -1.46. The lowest BCUT2D eigenvalue weighted by Gasteiger charge is -2.24. The van der Waals surface area contributed by atoms with Crippen molar-refractivity contribution in [3.8, 4) is 17.2 Å². The van der Waals surface area contributed by atoms with E-state index in [9.17, 15) is 5.11 Å². The highest BCUT2D eigenvalue weighted by Crippen LogP contribution is 2.40. The lowest BCUT2D eigenvalue weighted by Crippen LogP contribution is -2.21. The third-order valence-electron chi connectivity index (χ3n) is 2.64. The number of aliphatic hydroxyl groups is 1. The molecule has 1 atom stereocenters. The molecule has 2 N–H and O–H groups in total. The van der Waals surface area contributed by atoms with E-state index in [1.165, 1.54) is 0 Å². The fraction of sp³-hybridized carbons (Fsp3) is 0.500. The summed E-state index contributed by atoms with van der Waals surface area (Å²) in [4.78, 5) is 0. The van der Waals surface area contributed by atoms with Crippen LogP contribution < -0.4 is 19.5 Å². The topological polar surface area (TPSA) is 60.0 Å². The van der Waals surface area contributed by atoms with Gasteiger partial charge in [-0.25, -0.2) is 0 Å². The molecule has 17 heavy (non-hydrogen) atoms. The molecule has 1 unspecified atom stereocenters. The first-order valence-corrected chi connectivity index (χ1v) is 5.56. The minimum Gasteiger partial charge on any atom is -0.497 e. The van der Waals surface area contributed by atoms with E-state index in [4.69, 9.17) is 14.2 Å². The highest BCUT2D eigenvalue weighted by Gasteiger charge is 2.22. The molecule has 0 aliphatic carbocycles.